The molecule has 0 saturated carbocycles. The van der Waals surface area contributed by atoms with Crippen LogP contribution in [-0.2, 0) is 19.0 Å². The molecule has 4 nitrogen and oxygen atoms in total. The van der Waals surface area contributed by atoms with Gasteiger partial charge in [0.25, 0.3) is 0 Å². The van der Waals surface area contributed by atoms with Crippen LogP contribution in [0.1, 0.15) is 11.3 Å². The molecule has 0 bridgehead atoms. The molecular weight excluding hydrogens is 284 g/mol. The van der Waals surface area contributed by atoms with E-state index in [-0.39, 0.29) is 23.3 Å². The van der Waals surface area contributed by atoms with Crippen LogP contribution in [0.25, 0.3) is 0 Å². The van der Waals surface area contributed by atoms with Gasteiger partial charge in [-0.2, -0.15) is 22.7 Å². The number of hydrogen-bond acceptors (Lipinski definition) is 3. The van der Waals surface area contributed by atoms with E-state index < -0.39 is 23.4 Å². The third-order valence-electron chi connectivity index (χ3n) is 1.71. The molecule has 0 radical (unpaired) electrons. The van der Waals surface area contributed by atoms with Crippen LogP contribution in [0.5, 0.6) is 0 Å². The minimum absolute atomic E-state index is 0. The molecule has 3 N–H and O–H groups in total. The van der Waals surface area contributed by atoms with Crippen molar-refractivity contribution in [2.45, 2.75) is 11.9 Å². The first-order chi connectivity index (χ1) is 7.23. The topological polar surface area (TPSA) is 67.7 Å². The van der Waals surface area contributed by atoms with Gasteiger partial charge in [0.2, 0.25) is 5.95 Å². The fraction of sp³-hybridized carbons (Fsp3) is 0.429. The molecule has 98 valence electrons. The van der Waals surface area contributed by atoms with Crippen molar-refractivity contribution >= 4 is 29.3 Å². The maximum absolute atomic E-state index is 13.3. The summed E-state index contributed by atoms with van der Waals surface area (Å²) in [6.45, 7) is 0. The Balaban J connectivity index is 0.00000256. The Morgan fingerprint density at radius 2 is 2.06 bits per heavy atom. The van der Waals surface area contributed by atoms with Gasteiger partial charge in [-0.15, -0.1) is 12.4 Å². The molecule has 0 spiro atoms. The Hall–Kier alpha value is -0.960. The highest BCUT2D eigenvalue weighted by atomic mass is 35.5. The zero-order chi connectivity index (χ0) is 12.5. The van der Waals surface area contributed by atoms with Crippen molar-refractivity contribution in [1.29, 1.82) is 5.41 Å². The van der Waals surface area contributed by atoms with Crippen molar-refractivity contribution < 1.29 is 17.6 Å². The second-order valence-corrected chi connectivity index (χ2v) is 3.91. The summed E-state index contributed by atoms with van der Waals surface area (Å²) in [5.74, 6) is -1.44. The number of nitrogens with zero attached hydrogens (tertiary/aromatic N) is 2. The number of alkyl halides is 3. The maximum Gasteiger partial charge on any atom is 0.435 e. The minimum atomic E-state index is -4.71. The van der Waals surface area contributed by atoms with Crippen LogP contribution in [0.3, 0.4) is 0 Å². The van der Waals surface area contributed by atoms with E-state index in [1.807, 2.05) is 0 Å². The standard InChI is InChI=1S/C7H8F4N4S.ClH/c1-15-5(8)3(2-16-6(12)13)4(14-15)7(9,10)11;/h2H2,1H3,(H3,12,13);1H. The normalized spacial score (nSPS) is 11.1. The van der Waals surface area contributed by atoms with Crippen LogP contribution in [-0.4, -0.2) is 14.9 Å². The number of thioether (sulfide) groups is 1. The number of aryl methyl sites for hydroxylation is 1. The number of aromatic nitrogens is 2. The number of hydrogen-bond donors (Lipinski definition) is 2. The van der Waals surface area contributed by atoms with E-state index in [4.69, 9.17) is 11.1 Å². The lowest BCUT2D eigenvalue weighted by molar-refractivity contribution is -0.141. The fourth-order valence-corrected chi connectivity index (χ4v) is 1.61. The van der Waals surface area contributed by atoms with Crippen molar-refractivity contribution in [2.75, 3.05) is 0 Å². The molecule has 0 aliphatic heterocycles. The summed E-state index contributed by atoms with van der Waals surface area (Å²) < 4.78 is 51.1. The van der Waals surface area contributed by atoms with Crippen LogP contribution in [0, 0.1) is 11.4 Å². The van der Waals surface area contributed by atoms with E-state index in [9.17, 15) is 17.6 Å². The van der Waals surface area contributed by atoms with Gasteiger partial charge in [-0.3, -0.25) is 5.41 Å². The number of nitrogens with two attached hydrogens (primary N) is 1. The first-order valence-corrected chi connectivity index (χ1v) is 4.97. The second-order valence-electron chi connectivity index (χ2n) is 2.89. The monoisotopic (exact) mass is 292 g/mol. The van der Waals surface area contributed by atoms with E-state index in [0.717, 1.165) is 7.05 Å². The van der Waals surface area contributed by atoms with Gasteiger partial charge in [0.15, 0.2) is 10.9 Å². The van der Waals surface area contributed by atoms with Gasteiger partial charge in [-0.1, -0.05) is 11.8 Å². The van der Waals surface area contributed by atoms with Gasteiger partial charge in [-0.05, 0) is 0 Å². The quantitative estimate of drug-likeness (QED) is 0.498. The van der Waals surface area contributed by atoms with E-state index in [1.54, 1.807) is 0 Å². The molecule has 0 aliphatic carbocycles. The summed E-state index contributed by atoms with van der Waals surface area (Å²) in [5, 5.41) is 9.53. The zero-order valence-corrected chi connectivity index (χ0v) is 10.1. The molecule has 0 fully saturated rings. The highest BCUT2D eigenvalue weighted by Gasteiger charge is 2.39. The first-order valence-electron chi connectivity index (χ1n) is 3.99. The maximum atomic E-state index is 13.3. The molecule has 0 amide bonds. The van der Waals surface area contributed by atoms with Gasteiger partial charge in [0, 0.05) is 18.4 Å². The van der Waals surface area contributed by atoms with Crippen molar-refractivity contribution in [3.63, 3.8) is 0 Å². The molecule has 0 unspecified atom stereocenters. The molecule has 1 rings (SSSR count). The van der Waals surface area contributed by atoms with Crippen LogP contribution < -0.4 is 5.73 Å². The Morgan fingerprint density at radius 1 is 1.53 bits per heavy atom. The number of halogens is 5. The van der Waals surface area contributed by atoms with Crippen molar-refractivity contribution in [3.05, 3.63) is 17.2 Å². The SMILES string of the molecule is Cl.Cn1nc(C(F)(F)F)c(CSC(=N)N)c1F. The van der Waals surface area contributed by atoms with Gasteiger partial charge >= 0.3 is 6.18 Å². The molecule has 17 heavy (non-hydrogen) atoms. The van der Waals surface area contributed by atoms with E-state index in [2.05, 4.69) is 5.10 Å². The third kappa shape index (κ3) is 3.77. The predicted molar refractivity (Wildman–Crippen MR) is 58.6 cm³/mol. The van der Waals surface area contributed by atoms with E-state index in [1.165, 1.54) is 0 Å². The Labute approximate surface area is 104 Å². The summed E-state index contributed by atoms with van der Waals surface area (Å²) in [7, 11) is 1.08. The largest absolute Gasteiger partial charge is 0.435 e. The lowest BCUT2D eigenvalue weighted by atomic mass is 10.2. The zero-order valence-electron chi connectivity index (χ0n) is 8.51. The Kier molecular flexibility index (Phi) is 5.27. The second kappa shape index (κ2) is 5.58. The van der Waals surface area contributed by atoms with Gasteiger partial charge < -0.3 is 5.73 Å². The van der Waals surface area contributed by atoms with Gasteiger partial charge in [-0.25, -0.2) is 4.68 Å². The average Bonchev–Trinajstić information content (AvgIpc) is 2.40. The minimum Gasteiger partial charge on any atom is -0.379 e. The molecule has 0 aliphatic rings. The molecule has 1 heterocycles. The first kappa shape index (κ1) is 16.0. The van der Waals surface area contributed by atoms with Crippen LogP contribution in [0.2, 0.25) is 0 Å². The smallest absolute Gasteiger partial charge is 0.379 e. The summed E-state index contributed by atoms with van der Waals surface area (Å²) >= 11 is 0.610. The summed E-state index contributed by atoms with van der Waals surface area (Å²) in [5.41, 5.74) is 3.11. The third-order valence-corrected chi connectivity index (χ3v) is 2.45. The van der Waals surface area contributed by atoms with Crippen LogP contribution in [0.15, 0.2) is 0 Å². The number of rotatable bonds is 2. The average molecular weight is 293 g/mol. The van der Waals surface area contributed by atoms with Crippen molar-refractivity contribution in [2.24, 2.45) is 12.8 Å². The van der Waals surface area contributed by atoms with Crippen LogP contribution >= 0.6 is 24.2 Å². The summed E-state index contributed by atoms with van der Waals surface area (Å²) in [6, 6.07) is 0. The molecule has 1 aromatic heterocycles. The predicted octanol–water partition coefficient (Wildman–Crippen LogP) is 2.13. The van der Waals surface area contributed by atoms with Gasteiger partial charge in [0.1, 0.15) is 0 Å². The van der Waals surface area contributed by atoms with Crippen molar-refractivity contribution in [3.8, 4) is 0 Å². The van der Waals surface area contributed by atoms with Gasteiger partial charge in [0.05, 0.1) is 0 Å². The molecule has 0 aromatic carbocycles. The summed E-state index contributed by atoms with van der Waals surface area (Å²) in [4.78, 5) is 0. The Bertz CT molecular complexity index is 417. The lowest BCUT2D eigenvalue weighted by Crippen LogP contribution is -2.10. The molecular formula is C7H9ClF4N4S. The summed E-state index contributed by atoms with van der Waals surface area (Å²) in [6.07, 6.45) is -4.71. The molecule has 1 aromatic rings. The number of amidine groups is 1. The molecule has 10 heteroatoms. The molecule has 0 atom stereocenters. The van der Waals surface area contributed by atoms with E-state index >= 15 is 0 Å². The fourth-order valence-electron chi connectivity index (χ4n) is 1.05. The highest BCUT2D eigenvalue weighted by molar-refractivity contribution is 8.13. The van der Waals surface area contributed by atoms with Crippen molar-refractivity contribution in [1.82, 2.24) is 9.78 Å². The van der Waals surface area contributed by atoms with E-state index in [0.29, 0.717) is 16.4 Å². The molecule has 0 saturated heterocycles. The highest BCUT2D eigenvalue weighted by Crippen LogP contribution is 2.33. The number of nitrogens with one attached hydrogen (secondary N) is 1. The van der Waals surface area contributed by atoms with Crippen LogP contribution in [0.4, 0.5) is 17.6 Å². The lowest BCUT2D eigenvalue weighted by Gasteiger charge is -2.04. The Morgan fingerprint density at radius 3 is 2.47 bits per heavy atom.